The van der Waals surface area contributed by atoms with Crippen LogP contribution >= 0.6 is 11.8 Å². The molecule has 3 nitrogen and oxygen atoms in total. The van der Waals surface area contributed by atoms with Gasteiger partial charge in [-0.2, -0.15) is 11.8 Å². The van der Waals surface area contributed by atoms with Gasteiger partial charge >= 0.3 is 0 Å². The highest BCUT2D eigenvalue weighted by atomic mass is 32.2. The summed E-state index contributed by atoms with van der Waals surface area (Å²) >= 11 is 1.91. The molecule has 88 valence electrons. The molecule has 0 saturated carbocycles. The lowest BCUT2D eigenvalue weighted by Gasteiger charge is -2.37. The predicted molar refractivity (Wildman–Crippen MR) is 65.9 cm³/mol. The number of rotatable bonds is 1. The normalized spacial score (nSPS) is 25.1. The van der Waals surface area contributed by atoms with Crippen LogP contribution in [0.1, 0.15) is 27.7 Å². The zero-order chi connectivity index (χ0) is 11.6. The monoisotopic (exact) mass is 230 g/mol. The number of thioether (sulfide) groups is 1. The van der Waals surface area contributed by atoms with E-state index in [1.165, 1.54) is 0 Å². The molecule has 2 N–H and O–H groups in total. The van der Waals surface area contributed by atoms with Crippen LogP contribution in [0.15, 0.2) is 0 Å². The summed E-state index contributed by atoms with van der Waals surface area (Å²) in [5.74, 6) is 2.17. The van der Waals surface area contributed by atoms with Crippen LogP contribution in [-0.4, -0.2) is 40.9 Å². The highest BCUT2D eigenvalue weighted by Crippen LogP contribution is 2.22. The lowest BCUT2D eigenvalue weighted by atomic mass is 9.86. The standard InChI is InChI=1S/C11H22N2OS/c1-8-7-15-6-5-13(8)10(14)9(12)11(2,3)4/h8-9H,5-7,12H2,1-4H3/t8?,9-/m1/s1. The van der Waals surface area contributed by atoms with Gasteiger partial charge in [0.1, 0.15) is 0 Å². The van der Waals surface area contributed by atoms with Crippen LogP contribution in [-0.2, 0) is 4.79 Å². The number of nitrogens with two attached hydrogens (primary N) is 1. The van der Waals surface area contributed by atoms with Crippen molar-refractivity contribution >= 4 is 17.7 Å². The molecule has 2 atom stereocenters. The average molecular weight is 230 g/mol. The molecular weight excluding hydrogens is 208 g/mol. The largest absolute Gasteiger partial charge is 0.337 e. The highest BCUT2D eigenvalue weighted by molar-refractivity contribution is 7.99. The van der Waals surface area contributed by atoms with E-state index in [1.54, 1.807) is 0 Å². The summed E-state index contributed by atoms with van der Waals surface area (Å²) in [6, 6.07) is -0.0623. The third-order valence-electron chi connectivity index (χ3n) is 2.85. The van der Waals surface area contributed by atoms with Crippen molar-refractivity contribution in [3.8, 4) is 0 Å². The van der Waals surface area contributed by atoms with Gasteiger partial charge in [-0.15, -0.1) is 0 Å². The SMILES string of the molecule is CC1CSCCN1C(=O)[C@@H](N)C(C)(C)C. The van der Waals surface area contributed by atoms with Crippen molar-refractivity contribution in [2.75, 3.05) is 18.1 Å². The number of hydrogen-bond donors (Lipinski definition) is 1. The summed E-state index contributed by atoms with van der Waals surface area (Å²) in [5.41, 5.74) is 5.84. The van der Waals surface area contributed by atoms with Crippen molar-refractivity contribution in [1.82, 2.24) is 4.90 Å². The zero-order valence-electron chi connectivity index (χ0n) is 10.1. The first-order valence-corrected chi connectivity index (χ1v) is 6.63. The van der Waals surface area contributed by atoms with E-state index in [0.717, 1.165) is 18.1 Å². The van der Waals surface area contributed by atoms with Gasteiger partial charge in [0.05, 0.1) is 6.04 Å². The van der Waals surface area contributed by atoms with E-state index in [2.05, 4.69) is 6.92 Å². The van der Waals surface area contributed by atoms with Gasteiger partial charge < -0.3 is 10.6 Å². The molecule has 1 unspecified atom stereocenters. The number of nitrogens with zero attached hydrogens (tertiary/aromatic N) is 1. The Bertz CT molecular complexity index is 237. The average Bonchev–Trinajstić information content (AvgIpc) is 2.15. The van der Waals surface area contributed by atoms with Crippen LogP contribution in [0.2, 0.25) is 0 Å². The van der Waals surface area contributed by atoms with Crippen LogP contribution in [0, 0.1) is 5.41 Å². The van der Waals surface area contributed by atoms with Crippen molar-refractivity contribution < 1.29 is 4.79 Å². The Kier molecular flexibility index (Phi) is 4.06. The van der Waals surface area contributed by atoms with Gasteiger partial charge in [0.2, 0.25) is 5.91 Å². The van der Waals surface area contributed by atoms with Crippen LogP contribution in [0.4, 0.5) is 0 Å². The molecule has 0 aromatic carbocycles. The first-order valence-electron chi connectivity index (χ1n) is 5.48. The minimum Gasteiger partial charge on any atom is -0.337 e. The molecule has 1 aliphatic rings. The maximum atomic E-state index is 12.1. The summed E-state index contributed by atoms with van der Waals surface area (Å²) in [5, 5.41) is 0. The van der Waals surface area contributed by atoms with E-state index in [4.69, 9.17) is 5.73 Å². The number of hydrogen-bond acceptors (Lipinski definition) is 3. The number of carbonyl (C=O) groups is 1. The van der Waals surface area contributed by atoms with Gasteiger partial charge in [-0.1, -0.05) is 20.8 Å². The third kappa shape index (κ3) is 3.11. The molecule has 0 aromatic heterocycles. The Morgan fingerprint density at radius 3 is 2.60 bits per heavy atom. The van der Waals surface area contributed by atoms with Gasteiger partial charge in [-0.25, -0.2) is 0 Å². The molecule has 15 heavy (non-hydrogen) atoms. The Labute approximate surface area is 96.8 Å². The van der Waals surface area contributed by atoms with Crippen LogP contribution in [0.5, 0.6) is 0 Å². The van der Waals surface area contributed by atoms with Crippen LogP contribution in [0.25, 0.3) is 0 Å². The fraction of sp³-hybridized carbons (Fsp3) is 0.909. The van der Waals surface area contributed by atoms with Crippen LogP contribution < -0.4 is 5.73 Å². The first-order chi connectivity index (χ1) is 6.84. The predicted octanol–water partition coefficient (Wildman–Crippen LogP) is 1.32. The van der Waals surface area contributed by atoms with Crippen LogP contribution in [0.3, 0.4) is 0 Å². The van der Waals surface area contributed by atoms with Crippen molar-refractivity contribution in [2.45, 2.75) is 39.8 Å². The Hall–Kier alpha value is -0.220. The maximum absolute atomic E-state index is 12.1. The molecule has 1 amide bonds. The quantitative estimate of drug-likeness (QED) is 0.739. The molecule has 4 heteroatoms. The first kappa shape index (κ1) is 12.8. The lowest BCUT2D eigenvalue weighted by molar-refractivity contribution is -0.136. The topological polar surface area (TPSA) is 46.3 Å². The number of amides is 1. The molecule has 1 rings (SSSR count). The van der Waals surface area contributed by atoms with Gasteiger partial charge in [-0.3, -0.25) is 4.79 Å². The second kappa shape index (κ2) is 4.74. The molecule has 0 spiro atoms. The summed E-state index contributed by atoms with van der Waals surface area (Å²) in [7, 11) is 0. The summed E-state index contributed by atoms with van der Waals surface area (Å²) < 4.78 is 0. The minimum atomic E-state index is -0.386. The van der Waals surface area contributed by atoms with Gasteiger partial charge in [-0.05, 0) is 12.3 Å². The number of carbonyl (C=O) groups excluding carboxylic acids is 1. The molecule has 1 saturated heterocycles. The Balaban J connectivity index is 2.66. The highest BCUT2D eigenvalue weighted by Gasteiger charge is 2.33. The minimum absolute atomic E-state index is 0.107. The van der Waals surface area contributed by atoms with E-state index >= 15 is 0 Å². The van der Waals surface area contributed by atoms with Crippen molar-refractivity contribution in [2.24, 2.45) is 11.1 Å². The molecule has 0 radical (unpaired) electrons. The van der Waals surface area contributed by atoms with Crippen molar-refractivity contribution in [3.63, 3.8) is 0 Å². The molecule has 1 fully saturated rings. The van der Waals surface area contributed by atoms with Gasteiger partial charge in [0.25, 0.3) is 0 Å². The second-order valence-corrected chi connectivity index (χ2v) is 6.45. The van der Waals surface area contributed by atoms with E-state index < -0.39 is 0 Å². The lowest BCUT2D eigenvalue weighted by Crippen LogP contribution is -2.55. The summed E-state index contributed by atoms with van der Waals surface area (Å²) in [4.78, 5) is 14.1. The van der Waals surface area contributed by atoms with Gasteiger partial charge in [0.15, 0.2) is 0 Å². The molecule has 1 heterocycles. The van der Waals surface area contributed by atoms with Gasteiger partial charge in [0, 0.05) is 24.1 Å². The molecule has 0 bridgehead atoms. The second-order valence-electron chi connectivity index (χ2n) is 5.30. The fourth-order valence-corrected chi connectivity index (χ4v) is 2.62. The third-order valence-corrected chi connectivity index (χ3v) is 4.04. The maximum Gasteiger partial charge on any atom is 0.240 e. The van der Waals surface area contributed by atoms with E-state index in [0.29, 0.717) is 6.04 Å². The Morgan fingerprint density at radius 1 is 1.53 bits per heavy atom. The fourth-order valence-electron chi connectivity index (χ4n) is 1.60. The molecule has 0 aliphatic carbocycles. The Morgan fingerprint density at radius 2 is 2.13 bits per heavy atom. The molecular formula is C11H22N2OS. The molecule has 1 aliphatic heterocycles. The van der Waals surface area contributed by atoms with E-state index in [9.17, 15) is 4.79 Å². The molecule has 0 aromatic rings. The smallest absolute Gasteiger partial charge is 0.240 e. The van der Waals surface area contributed by atoms with E-state index in [1.807, 2.05) is 37.4 Å². The van der Waals surface area contributed by atoms with E-state index in [-0.39, 0.29) is 17.4 Å². The summed E-state index contributed by atoms with van der Waals surface area (Å²) in [6.45, 7) is 8.98. The zero-order valence-corrected chi connectivity index (χ0v) is 10.9. The van der Waals surface area contributed by atoms with Crippen molar-refractivity contribution in [3.05, 3.63) is 0 Å². The summed E-state index contributed by atoms with van der Waals surface area (Å²) in [6.07, 6.45) is 0. The van der Waals surface area contributed by atoms with Crippen molar-refractivity contribution in [1.29, 1.82) is 0 Å².